The summed E-state index contributed by atoms with van der Waals surface area (Å²) in [6, 6.07) is 11.7. The van der Waals surface area contributed by atoms with Crippen LogP contribution in [-0.2, 0) is 21.4 Å². The molecule has 0 saturated carbocycles. The van der Waals surface area contributed by atoms with Crippen LogP contribution in [0.3, 0.4) is 0 Å². The Balaban J connectivity index is 1.37. The average Bonchev–Trinajstić information content (AvgIpc) is 3.14. The molecule has 1 saturated heterocycles. The molecule has 1 aromatic heterocycles. The van der Waals surface area contributed by atoms with E-state index in [4.69, 9.17) is 9.15 Å². The molecule has 1 amide bonds. The number of benzene rings is 2. The van der Waals surface area contributed by atoms with Crippen LogP contribution in [0.2, 0.25) is 0 Å². The summed E-state index contributed by atoms with van der Waals surface area (Å²) in [4.78, 5) is 24.6. The van der Waals surface area contributed by atoms with E-state index in [2.05, 4.69) is 5.32 Å². The summed E-state index contributed by atoms with van der Waals surface area (Å²) in [7, 11) is -2.14. The van der Waals surface area contributed by atoms with Crippen LogP contribution in [0.5, 0.6) is 5.75 Å². The van der Waals surface area contributed by atoms with Crippen molar-refractivity contribution in [2.45, 2.75) is 44.0 Å². The van der Waals surface area contributed by atoms with Crippen LogP contribution in [0.1, 0.15) is 32.6 Å². The first-order chi connectivity index (χ1) is 16.3. The number of carbonyl (C=O) groups is 1. The smallest absolute Gasteiger partial charge is 0.419 e. The highest BCUT2D eigenvalue weighted by molar-refractivity contribution is 7.89. The molecule has 1 aliphatic rings. The molecule has 1 N–H and O–H groups in total. The lowest BCUT2D eigenvalue weighted by Crippen LogP contribution is -2.39. The number of ether oxygens (including phenoxy) is 1. The summed E-state index contributed by atoms with van der Waals surface area (Å²) in [6.07, 6.45) is 2.29. The first-order valence-electron chi connectivity index (χ1n) is 11.4. The number of amides is 1. The third-order valence-corrected chi connectivity index (χ3v) is 8.04. The molecule has 0 aliphatic carbocycles. The minimum absolute atomic E-state index is 0.0939. The molecule has 9 nitrogen and oxygen atoms in total. The Labute approximate surface area is 198 Å². The van der Waals surface area contributed by atoms with Crippen LogP contribution in [0.4, 0.5) is 5.69 Å². The summed E-state index contributed by atoms with van der Waals surface area (Å²) in [5, 5.41) is 2.88. The predicted octanol–water partition coefficient (Wildman–Crippen LogP) is 3.44. The number of hydrogen-bond donors (Lipinski definition) is 1. The number of hydrogen-bond acceptors (Lipinski definition) is 6. The minimum Gasteiger partial charge on any atom is -0.497 e. The standard InChI is InChI=1S/C24H29N3O6S/c1-3-12-27-21-9-8-20(16-22(21)33-24(27)29)34(30,31)26-13-10-17(11-14-26)15-23(28)25-18-4-6-19(32-2)7-5-18/h4-9,16-17H,3,10-15H2,1-2H3,(H,25,28). The largest absolute Gasteiger partial charge is 0.497 e. The van der Waals surface area contributed by atoms with Gasteiger partial charge in [0.15, 0.2) is 5.58 Å². The first kappa shape index (κ1) is 24.0. The van der Waals surface area contributed by atoms with Crippen molar-refractivity contribution in [2.75, 3.05) is 25.5 Å². The van der Waals surface area contributed by atoms with Crippen molar-refractivity contribution in [3.05, 3.63) is 53.0 Å². The van der Waals surface area contributed by atoms with E-state index in [9.17, 15) is 18.0 Å². The number of nitrogens with zero attached hydrogens (tertiary/aromatic N) is 2. The van der Waals surface area contributed by atoms with Crippen LogP contribution < -0.4 is 15.8 Å². The molecule has 0 unspecified atom stereocenters. The van der Waals surface area contributed by atoms with Gasteiger partial charge in [-0.1, -0.05) is 6.92 Å². The maximum atomic E-state index is 13.2. The Morgan fingerprint density at radius 1 is 1.15 bits per heavy atom. The van der Waals surface area contributed by atoms with Crippen molar-refractivity contribution in [1.82, 2.24) is 8.87 Å². The van der Waals surface area contributed by atoms with Gasteiger partial charge in [0.2, 0.25) is 15.9 Å². The van der Waals surface area contributed by atoms with E-state index in [1.165, 1.54) is 21.0 Å². The monoisotopic (exact) mass is 487 g/mol. The van der Waals surface area contributed by atoms with Gasteiger partial charge < -0.3 is 14.5 Å². The zero-order chi connectivity index (χ0) is 24.3. The van der Waals surface area contributed by atoms with Crippen LogP contribution in [0.15, 0.2) is 56.6 Å². The lowest BCUT2D eigenvalue weighted by Gasteiger charge is -2.31. The highest BCUT2D eigenvalue weighted by Gasteiger charge is 2.30. The van der Waals surface area contributed by atoms with E-state index in [-0.39, 0.29) is 22.3 Å². The van der Waals surface area contributed by atoms with Gasteiger partial charge in [-0.05, 0) is 61.6 Å². The molecule has 1 aliphatic heterocycles. The van der Waals surface area contributed by atoms with Crippen molar-refractivity contribution in [2.24, 2.45) is 5.92 Å². The van der Waals surface area contributed by atoms with Gasteiger partial charge in [0.05, 0.1) is 17.5 Å². The van der Waals surface area contributed by atoms with E-state index >= 15 is 0 Å². The lowest BCUT2D eigenvalue weighted by molar-refractivity contribution is -0.117. The van der Waals surface area contributed by atoms with Gasteiger partial charge in [-0.25, -0.2) is 13.2 Å². The highest BCUT2D eigenvalue weighted by Crippen LogP contribution is 2.28. The second-order valence-corrected chi connectivity index (χ2v) is 10.4. The quantitative estimate of drug-likeness (QED) is 0.521. The summed E-state index contributed by atoms with van der Waals surface area (Å²) in [5.41, 5.74) is 1.55. The summed E-state index contributed by atoms with van der Waals surface area (Å²) >= 11 is 0. The number of rotatable bonds is 8. The summed E-state index contributed by atoms with van der Waals surface area (Å²) in [6.45, 7) is 3.14. The highest BCUT2D eigenvalue weighted by atomic mass is 32.2. The maximum Gasteiger partial charge on any atom is 0.419 e. The SMILES string of the molecule is CCCn1c(=O)oc2cc(S(=O)(=O)N3CCC(CC(=O)Nc4ccc(OC)cc4)CC3)ccc21. The number of aryl methyl sites for hydroxylation is 1. The van der Waals surface area contributed by atoms with E-state index in [1.54, 1.807) is 37.4 Å². The van der Waals surface area contributed by atoms with Crippen molar-refractivity contribution in [3.63, 3.8) is 0 Å². The molecular formula is C24H29N3O6S. The minimum atomic E-state index is -3.73. The van der Waals surface area contributed by atoms with Crippen molar-refractivity contribution in [3.8, 4) is 5.75 Å². The Morgan fingerprint density at radius 2 is 1.85 bits per heavy atom. The third kappa shape index (κ3) is 5.02. The zero-order valence-electron chi connectivity index (χ0n) is 19.3. The van der Waals surface area contributed by atoms with Gasteiger partial charge in [-0.15, -0.1) is 0 Å². The number of oxazole rings is 1. The van der Waals surface area contributed by atoms with Gasteiger partial charge >= 0.3 is 5.76 Å². The van der Waals surface area contributed by atoms with Gasteiger partial charge in [0.25, 0.3) is 0 Å². The fraction of sp³-hybridized carbons (Fsp3) is 0.417. The third-order valence-electron chi connectivity index (χ3n) is 6.15. The summed E-state index contributed by atoms with van der Waals surface area (Å²) < 4.78 is 39.7. The molecule has 34 heavy (non-hydrogen) atoms. The molecule has 0 spiro atoms. The second kappa shape index (κ2) is 10.0. The Bertz CT molecular complexity index is 1320. The molecular weight excluding hydrogens is 458 g/mol. The Kier molecular flexibility index (Phi) is 7.08. The Hall–Kier alpha value is -3.11. The number of sulfonamides is 1. The van der Waals surface area contributed by atoms with Gasteiger partial charge in [0, 0.05) is 37.8 Å². The molecule has 0 radical (unpaired) electrons. The fourth-order valence-corrected chi connectivity index (χ4v) is 5.78. The number of anilines is 1. The molecule has 4 rings (SSSR count). The lowest BCUT2D eigenvalue weighted by atomic mass is 9.94. The maximum absolute atomic E-state index is 13.2. The van der Waals surface area contributed by atoms with Gasteiger partial charge in [-0.3, -0.25) is 9.36 Å². The number of nitrogens with one attached hydrogen (secondary N) is 1. The molecule has 10 heteroatoms. The predicted molar refractivity (Wildman–Crippen MR) is 128 cm³/mol. The zero-order valence-corrected chi connectivity index (χ0v) is 20.1. The normalized spacial score (nSPS) is 15.5. The Morgan fingerprint density at radius 3 is 2.50 bits per heavy atom. The number of fused-ring (bicyclic) bond motifs is 1. The van der Waals surface area contributed by atoms with Gasteiger partial charge in [0.1, 0.15) is 5.75 Å². The summed E-state index contributed by atoms with van der Waals surface area (Å²) in [5.74, 6) is 0.239. The number of methoxy groups -OCH3 is 1. The molecule has 182 valence electrons. The van der Waals surface area contributed by atoms with Crippen LogP contribution in [0, 0.1) is 5.92 Å². The molecule has 2 aromatic carbocycles. The van der Waals surface area contributed by atoms with E-state index in [0.717, 1.165) is 6.42 Å². The number of piperidine rings is 1. The van der Waals surface area contributed by atoms with Crippen molar-refractivity contribution in [1.29, 1.82) is 0 Å². The van der Waals surface area contributed by atoms with Crippen molar-refractivity contribution < 1.29 is 22.4 Å². The van der Waals surface area contributed by atoms with E-state index in [1.807, 2.05) is 6.92 Å². The van der Waals surface area contributed by atoms with E-state index < -0.39 is 15.8 Å². The van der Waals surface area contributed by atoms with Crippen LogP contribution in [-0.4, -0.2) is 43.4 Å². The number of carbonyl (C=O) groups excluding carboxylic acids is 1. The molecule has 0 bridgehead atoms. The topological polar surface area (TPSA) is 111 Å². The average molecular weight is 488 g/mol. The van der Waals surface area contributed by atoms with Gasteiger partial charge in [-0.2, -0.15) is 4.31 Å². The fourth-order valence-electron chi connectivity index (χ4n) is 4.29. The molecule has 2 heterocycles. The first-order valence-corrected chi connectivity index (χ1v) is 12.8. The van der Waals surface area contributed by atoms with Crippen molar-refractivity contribution >= 4 is 32.7 Å². The van der Waals surface area contributed by atoms with Crippen LogP contribution in [0.25, 0.3) is 11.1 Å². The van der Waals surface area contributed by atoms with E-state index in [0.29, 0.717) is 55.9 Å². The molecule has 1 fully saturated rings. The molecule has 0 atom stereocenters. The second-order valence-electron chi connectivity index (χ2n) is 8.48. The molecule has 3 aromatic rings. The number of aromatic nitrogens is 1. The van der Waals surface area contributed by atoms with Crippen LogP contribution >= 0.6 is 0 Å².